The highest BCUT2D eigenvalue weighted by Gasteiger charge is 2.17. The van der Waals surface area contributed by atoms with Gasteiger partial charge in [-0.3, -0.25) is 14.9 Å². The number of amides is 1. The molecule has 0 aliphatic carbocycles. The van der Waals surface area contributed by atoms with Crippen LogP contribution in [0, 0.1) is 15.9 Å². The van der Waals surface area contributed by atoms with Gasteiger partial charge in [0.25, 0.3) is 10.9 Å². The van der Waals surface area contributed by atoms with Crippen LogP contribution in [0.2, 0.25) is 0 Å². The second kappa shape index (κ2) is 9.28. The smallest absolute Gasteiger partial charge is 0.277 e. The number of aromatic nitrogens is 2. The molecular weight excluding hydrogens is 399 g/mol. The molecule has 3 aromatic rings. The topological polar surface area (TPSA) is 102 Å². The Morgan fingerprint density at radius 3 is 2.76 bits per heavy atom. The second-order valence-electron chi connectivity index (χ2n) is 6.01. The van der Waals surface area contributed by atoms with Crippen LogP contribution in [0.3, 0.4) is 0 Å². The lowest BCUT2D eigenvalue weighted by molar-refractivity contribution is -0.384. The third-order valence-electron chi connectivity index (χ3n) is 4.03. The summed E-state index contributed by atoms with van der Waals surface area (Å²) in [6.45, 7) is 2.62. The maximum absolute atomic E-state index is 13.3. The molecule has 0 radical (unpaired) electrons. The maximum atomic E-state index is 13.3. The van der Waals surface area contributed by atoms with Gasteiger partial charge < -0.3 is 9.32 Å². The van der Waals surface area contributed by atoms with Crippen molar-refractivity contribution in [2.75, 3.05) is 12.3 Å². The van der Waals surface area contributed by atoms with E-state index in [1.165, 1.54) is 30.3 Å². The lowest BCUT2D eigenvalue weighted by Gasteiger charge is -2.20. The van der Waals surface area contributed by atoms with E-state index in [1.807, 2.05) is 6.92 Å². The van der Waals surface area contributed by atoms with Crippen LogP contribution in [0.15, 0.2) is 58.2 Å². The molecule has 3 rings (SSSR count). The van der Waals surface area contributed by atoms with Gasteiger partial charge in [-0.05, 0) is 30.7 Å². The summed E-state index contributed by atoms with van der Waals surface area (Å²) >= 11 is 1.07. The Kier molecular flexibility index (Phi) is 6.55. The molecule has 1 heterocycles. The Morgan fingerprint density at radius 2 is 2.03 bits per heavy atom. The average molecular weight is 416 g/mol. The molecule has 0 saturated carbocycles. The van der Waals surface area contributed by atoms with Crippen molar-refractivity contribution in [3.63, 3.8) is 0 Å². The summed E-state index contributed by atoms with van der Waals surface area (Å²) in [4.78, 5) is 24.4. The first kappa shape index (κ1) is 20.5. The summed E-state index contributed by atoms with van der Waals surface area (Å²) in [5, 5.41) is 18.8. The lowest BCUT2D eigenvalue weighted by atomic mass is 10.2. The number of carbonyl (C=O) groups is 1. The molecule has 1 aromatic heterocycles. The molecule has 0 unspecified atom stereocenters. The van der Waals surface area contributed by atoms with Crippen molar-refractivity contribution in [2.24, 2.45) is 0 Å². The summed E-state index contributed by atoms with van der Waals surface area (Å²) in [5.74, 6) is -0.299. The predicted octanol–water partition coefficient (Wildman–Crippen LogP) is 3.92. The summed E-state index contributed by atoms with van der Waals surface area (Å²) in [5.41, 5.74) is 1.04. The Balaban J connectivity index is 1.61. The fourth-order valence-electron chi connectivity index (χ4n) is 2.58. The van der Waals surface area contributed by atoms with Gasteiger partial charge in [-0.2, -0.15) is 0 Å². The van der Waals surface area contributed by atoms with Crippen molar-refractivity contribution < 1.29 is 18.5 Å². The largest absolute Gasteiger partial charge is 0.411 e. The number of hydrogen-bond donors (Lipinski definition) is 0. The number of non-ortho nitro benzene ring substituents is 1. The van der Waals surface area contributed by atoms with E-state index in [2.05, 4.69) is 10.2 Å². The number of nitrogens with zero attached hydrogens (tertiary/aromatic N) is 4. The van der Waals surface area contributed by atoms with E-state index < -0.39 is 4.92 Å². The van der Waals surface area contributed by atoms with E-state index in [0.717, 1.165) is 11.8 Å². The molecule has 0 spiro atoms. The van der Waals surface area contributed by atoms with Crippen LogP contribution >= 0.6 is 11.8 Å². The third-order valence-corrected chi connectivity index (χ3v) is 4.83. The zero-order chi connectivity index (χ0) is 20.8. The van der Waals surface area contributed by atoms with E-state index >= 15 is 0 Å². The van der Waals surface area contributed by atoms with Crippen molar-refractivity contribution in [1.82, 2.24) is 15.1 Å². The molecule has 150 valence electrons. The summed E-state index contributed by atoms with van der Waals surface area (Å²) < 4.78 is 18.8. The molecule has 0 atom stereocenters. The van der Waals surface area contributed by atoms with Crippen molar-refractivity contribution in [2.45, 2.75) is 18.7 Å². The monoisotopic (exact) mass is 416 g/mol. The Labute approximate surface area is 169 Å². The van der Waals surface area contributed by atoms with Gasteiger partial charge in [0.05, 0.1) is 10.7 Å². The van der Waals surface area contributed by atoms with Crippen LogP contribution in [0.5, 0.6) is 0 Å². The van der Waals surface area contributed by atoms with Crippen LogP contribution in [0.1, 0.15) is 12.5 Å². The molecule has 0 saturated heterocycles. The Bertz CT molecular complexity index is 1030. The molecule has 1 amide bonds. The first-order chi connectivity index (χ1) is 14.0. The van der Waals surface area contributed by atoms with Gasteiger partial charge in [-0.1, -0.05) is 30.0 Å². The number of nitro benzene ring substituents is 1. The van der Waals surface area contributed by atoms with Crippen molar-refractivity contribution in [1.29, 1.82) is 0 Å². The number of nitro groups is 1. The highest BCUT2D eigenvalue weighted by molar-refractivity contribution is 7.99. The Morgan fingerprint density at radius 1 is 1.24 bits per heavy atom. The highest BCUT2D eigenvalue weighted by Crippen LogP contribution is 2.26. The standard InChI is InChI=1S/C19H17FN4O4S/c1-2-23(11-13-5-3-7-15(20)9-13)17(25)12-29-19-22-21-18(28-19)14-6-4-8-16(10-14)24(26)27/h3-10H,2,11-12H2,1H3. The van der Waals surface area contributed by atoms with E-state index in [1.54, 1.807) is 23.1 Å². The second-order valence-corrected chi connectivity index (χ2v) is 6.93. The summed E-state index contributed by atoms with van der Waals surface area (Å²) in [6.07, 6.45) is 0. The van der Waals surface area contributed by atoms with Gasteiger partial charge >= 0.3 is 0 Å². The molecule has 8 nitrogen and oxygen atoms in total. The molecule has 0 aliphatic rings. The van der Waals surface area contributed by atoms with Crippen LogP contribution in [0.4, 0.5) is 10.1 Å². The minimum atomic E-state index is -0.508. The van der Waals surface area contributed by atoms with E-state index in [4.69, 9.17) is 4.42 Å². The van der Waals surface area contributed by atoms with E-state index in [-0.39, 0.29) is 34.3 Å². The minimum absolute atomic E-state index is 0.0692. The van der Waals surface area contributed by atoms with Gasteiger partial charge in [0, 0.05) is 30.8 Å². The van der Waals surface area contributed by atoms with Gasteiger partial charge in [0.1, 0.15) is 5.82 Å². The zero-order valence-corrected chi connectivity index (χ0v) is 16.3. The Hall–Kier alpha value is -3.27. The first-order valence-corrected chi connectivity index (χ1v) is 9.68. The molecule has 0 fully saturated rings. The quantitative estimate of drug-likeness (QED) is 0.311. The molecule has 29 heavy (non-hydrogen) atoms. The molecule has 10 heteroatoms. The molecule has 2 aromatic carbocycles. The van der Waals surface area contributed by atoms with Crippen molar-refractivity contribution in [3.05, 3.63) is 70.0 Å². The third kappa shape index (κ3) is 5.38. The molecule has 0 aliphatic heterocycles. The number of rotatable bonds is 8. The lowest BCUT2D eigenvalue weighted by Crippen LogP contribution is -2.31. The van der Waals surface area contributed by atoms with Crippen LogP contribution in [-0.2, 0) is 11.3 Å². The van der Waals surface area contributed by atoms with Gasteiger partial charge in [-0.15, -0.1) is 10.2 Å². The highest BCUT2D eigenvalue weighted by atomic mass is 32.2. The van der Waals surface area contributed by atoms with E-state index in [9.17, 15) is 19.3 Å². The zero-order valence-electron chi connectivity index (χ0n) is 15.4. The summed E-state index contributed by atoms with van der Waals surface area (Å²) in [6, 6.07) is 12.0. The molecular formula is C19H17FN4O4S. The fraction of sp³-hybridized carbons (Fsp3) is 0.211. The van der Waals surface area contributed by atoms with Crippen molar-refractivity contribution in [3.8, 4) is 11.5 Å². The SMILES string of the molecule is CCN(Cc1cccc(F)c1)C(=O)CSc1nnc(-c2cccc([N+](=O)[O-])c2)o1. The first-order valence-electron chi connectivity index (χ1n) is 8.69. The normalized spacial score (nSPS) is 10.7. The van der Waals surface area contributed by atoms with Crippen LogP contribution in [0.25, 0.3) is 11.5 Å². The average Bonchev–Trinajstić information content (AvgIpc) is 3.19. The number of benzene rings is 2. The summed E-state index contributed by atoms with van der Waals surface area (Å²) in [7, 11) is 0. The molecule has 0 N–H and O–H groups in total. The van der Waals surface area contributed by atoms with Gasteiger partial charge in [0.2, 0.25) is 11.8 Å². The van der Waals surface area contributed by atoms with Gasteiger partial charge in [0.15, 0.2) is 0 Å². The van der Waals surface area contributed by atoms with E-state index in [0.29, 0.717) is 24.2 Å². The maximum Gasteiger partial charge on any atom is 0.277 e. The van der Waals surface area contributed by atoms with Crippen LogP contribution in [-0.4, -0.2) is 38.2 Å². The predicted molar refractivity (Wildman–Crippen MR) is 105 cm³/mol. The molecule has 0 bridgehead atoms. The minimum Gasteiger partial charge on any atom is -0.411 e. The number of hydrogen-bond acceptors (Lipinski definition) is 7. The van der Waals surface area contributed by atoms with Gasteiger partial charge in [-0.25, -0.2) is 4.39 Å². The fourth-order valence-corrected chi connectivity index (χ4v) is 3.25. The van der Waals surface area contributed by atoms with Crippen LogP contribution < -0.4 is 0 Å². The number of carbonyl (C=O) groups excluding carboxylic acids is 1. The number of thioether (sulfide) groups is 1. The van der Waals surface area contributed by atoms with Crippen molar-refractivity contribution >= 4 is 23.4 Å². The number of halogens is 1.